The van der Waals surface area contributed by atoms with E-state index in [9.17, 15) is 0 Å². The van der Waals surface area contributed by atoms with Gasteiger partial charge in [0.25, 0.3) is 0 Å². The van der Waals surface area contributed by atoms with Crippen LogP contribution in [0, 0.1) is 0 Å². The number of hydrogen-bond donors (Lipinski definition) is 1. The van der Waals surface area contributed by atoms with Crippen LogP contribution >= 0.6 is 0 Å². The molecule has 0 bridgehead atoms. The van der Waals surface area contributed by atoms with Gasteiger partial charge in [-0.15, -0.1) is 0 Å². The Morgan fingerprint density at radius 2 is 1.61 bits per heavy atom. The molecule has 0 amide bonds. The third kappa shape index (κ3) is 4.15. The molecule has 4 aromatic rings. The minimum absolute atomic E-state index is 0.0320. The molecule has 5 rings (SSSR count). The van der Waals surface area contributed by atoms with Crippen LogP contribution in [0.3, 0.4) is 0 Å². The number of imidazole rings is 1. The Kier molecular flexibility index (Phi) is 5.14. The highest BCUT2D eigenvalue weighted by molar-refractivity contribution is 6.02. The summed E-state index contributed by atoms with van der Waals surface area (Å²) in [5.41, 5.74) is 6.46. The van der Waals surface area contributed by atoms with E-state index < -0.39 is 5.79 Å². The minimum Gasteiger partial charge on any atom is -0.348 e. The molecule has 1 N–H and O–H groups in total. The number of hydrogen-bond acceptors (Lipinski definition) is 4. The summed E-state index contributed by atoms with van der Waals surface area (Å²) in [4.78, 5) is 12.9. The first-order valence-corrected chi connectivity index (χ1v) is 10.5. The Morgan fingerprint density at radius 1 is 0.968 bits per heavy atom. The van der Waals surface area contributed by atoms with Crippen molar-refractivity contribution in [2.45, 2.75) is 25.7 Å². The normalized spacial score (nSPS) is 18.2. The van der Waals surface area contributed by atoms with Crippen molar-refractivity contribution >= 4 is 17.2 Å². The van der Waals surface area contributed by atoms with Crippen LogP contribution in [-0.2, 0) is 9.47 Å². The number of aromatic nitrogens is 2. The lowest BCUT2D eigenvalue weighted by molar-refractivity contribution is -0.137. The molecule has 1 atom stereocenters. The third-order valence-electron chi connectivity index (χ3n) is 5.42. The summed E-state index contributed by atoms with van der Waals surface area (Å²) in [6.07, 6.45) is 1.76. The molecule has 1 aliphatic heterocycles. The monoisotopic (exact) mass is 411 g/mol. The van der Waals surface area contributed by atoms with Crippen molar-refractivity contribution in [1.82, 2.24) is 9.97 Å². The molecule has 0 spiro atoms. The van der Waals surface area contributed by atoms with Crippen molar-refractivity contribution in [3.63, 3.8) is 0 Å². The second-order valence-electron chi connectivity index (χ2n) is 8.18. The van der Waals surface area contributed by atoms with Crippen molar-refractivity contribution in [1.29, 1.82) is 0 Å². The van der Waals surface area contributed by atoms with Crippen molar-refractivity contribution < 1.29 is 9.47 Å². The maximum Gasteiger partial charge on any atom is 0.163 e. The second-order valence-corrected chi connectivity index (χ2v) is 8.18. The van der Waals surface area contributed by atoms with Gasteiger partial charge in [0, 0.05) is 11.1 Å². The molecule has 1 fully saturated rings. The highest BCUT2D eigenvalue weighted by atomic mass is 16.7. The van der Waals surface area contributed by atoms with E-state index in [2.05, 4.69) is 58.5 Å². The minimum atomic E-state index is -0.533. The molecule has 31 heavy (non-hydrogen) atoms. The predicted octanol–water partition coefficient (Wildman–Crippen LogP) is 5.47. The molecule has 0 aliphatic carbocycles. The molecule has 1 aliphatic rings. The van der Waals surface area contributed by atoms with E-state index in [4.69, 9.17) is 14.5 Å². The van der Waals surface area contributed by atoms with Gasteiger partial charge in [-0.1, -0.05) is 72.8 Å². The maximum atomic E-state index is 5.83. The first-order chi connectivity index (χ1) is 15.1. The van der Waals surface area contributed by atoms with Gasteiger partial charge in [0.1, 0.15) is 11.9 Å². The fourth-order valence-corrected chi connectivity index (χ4v) is 3.99. The van der Waals surface area contributed by atoms with E-state index in [1.54, 1.807) is 6.21 Å². The van der Waals surface area contributed by atoms with E-state index in [1.807, 2.05) is 38.1 Å². The zero-order valence-electron chi connectivity index (χ0n) is 17.7. The van der Waals surface area contributed by atoms with Gasteiger partial charge >= 0.3 is 0 Å². The largest absolute Gasteiger partial charge is 0.348 e. The zero-order chi connectivity index (χ0) is 21.3. The molecule has 1 saturated heterocycles. The lowest BCUT2D eigenvalue weighted by atomic mass is 9.98. The second kappa shape index (κ2) is 8.10. The molecule has 1 unspecified atom stereocenters. The number of nitrogens with zero attached hydrogens (tertiary/aromatic N) is 2. The van der Waals surface area contributed by atoms with Crippen molar-refractivity contribution in [2.24, 2.45) is 4.99 Å². The highest BCUT2D eigenvalue weighted by Gasteiger charge is 2.32. The average molecular weight is 412 g/mol. The van der Waals surface area contributed by atoms with E-state index in [-0.39, 0.29) is 6.10 Å². The fourth-order valence-electron chi connectivity index (χ4n) is 3.99. The van der Waals surface area contributed by atoms with Crippen molar-refractivity contribution in [3.05, 3.63) is 78.6 Å². The standard InChI is InChI=1S/C26H25N3O2/c1-26(2)30-17-20(31-26)15-27-16-23-28-24-21(18-9-5-3-6-10-18)13-14-22(25(24)29-23)19-11-7-4-8-12-19/h3-14,16,20H,15,17H2,1-2H3,(H,28,29)/b27-16+. The van der Waals surface area contributed by atoms with Gasteiger partial charge in [0.15, 0.2) is 5.79 Å². The van der Waals surface area contributed by atoms with Gasteiger partial charge in [-0.25, -0.2) is 4.98 Å². The first-order valence-electron chi connectivity index (χ1n) is 10.5. The molecular weight excluding hydrogens is 386 g/mol. The topological polar surface area (TPSA) is 59.5 Å². The van der Waals surface area contributed by atoms with Crippen molar-refractivity contribution in [2.75, 3.05) is 13.2 Å². The molecule has 156 valence electrons. The predicted molar refractivity (Wildman–Crippen MR) is 124 cm³/mol. The highest BCUT2D eigenvalue weighted by Crippen LogP contribution is 2.34. The Hall–Kier alpha value is -3.28. The van der Waals surface area contributed by atoms with Crippen LogP contribution in [-0.4, -0.2) is 41.2 Å². The first kappa shape index (κ1) is 19.7. The molecule has 5 nitrogen and oxygen atoms in total. The molecule has 5 heteroatoms. The fraction of sp³-hybridized carbons (Fsp3) is 0.231. The van der Waals surface area contributed by atoms with E-state index in [1.165, 1.54) is 0 Å². The Morgan fingerprint density at radius 3 is 2.26 bits per heavy atom. The van der Waals surface area contributed by atoms with Gasteiger partial charge in [-0.3, -0.25) is 4.99 Å². The summed E-state index contributed by atoms with van der Waals surface area (Å²) in [5.74, 6) is 0.197. The number of rotatable bonds is 5. The Labute approximate surface area is 181 Å². The molecule has 2 heterocycles. The number of ether oxygens (including phenoxy) is 2. The van der Waals surface area contributed by atoms with Gasteiger partial charge in [-0.2, -0.15) is 0 Å². The summed E-state index contributed by atoms with van der Waals surface area (Å²) in [7, 11) is 0. The molecule has 3 aromatic carbocycles. The van der Waals surface area contributed by atoms with Crippen LogP contribution in [0.25, 0.3) is 33.3 Å². The number of H-pyrrole nitrogens is 1. The summed E-state index contributed by atoms with van der Waals surface area (Å²) in [6, 6.07) is 25.0. The smallest absolute Gasteiger partial charge is 0.163 e. The van der Waals surface area contributed by atoms with Crippen LogP contribution in [0.5, 0.6) is 0 Å². The number of aromatic amines is 1. The average Bonchev–Trinajstić information content (AvgIpc) is 3.37. The SMILES string of the molecule is CC1(C)OCC(C/N=C/c2nc3c(-c4ccccc4)ccc(-c4ccccc4)c3[nH]2)O1. The van der Waals surface area contributed by atoms with Crippen LogP contribution in [0.15, 0.2) is 77.8 Å². The lowest BCUT2D eigenvalue weighted by Crippen LogP contribution is -2.22. The van der Waals surface area contributed by atoms with Crippen LogP contribution in [0.1, 0.15) is 19.7 Å². The lowest BCUT2D eigenvalue weighted by Gasteiger charge is -2.16. The zero-order valence-corrected chi connectivity index (χ0v) is 17.7. The van der Waals surface area contributed by atoms with E-state index in [0.717, 1.165) is 39.1 Å². The van der Waals surface area contributed by atoms with E-state index in [0.29, 0.717) is 13.2 Å². The summed E-state index contributed by atoms with van der Waals surface area (Å²) in [5, 5.41) is 0. The van der Waals surface area contributed by atoms with E-state index >= 15 is 0 Å². The summed E-state index contributed by atoms with van der Waals surface area (Å²) >= 11 is 0. The summed E-state index contributed by atoms with van der Waals surface area (Å²) < 4.78 is 11.4. The van der Waals surface area contributed by atoms with Crippen LogP contribution in [0.2, 0.25) is 0 Å². The van der Waals surface area contributed by atoms with Gasteiger partial charge < -0.3 is 14.5 Å². The molecular formula is C26H25N3O2. The Bertz CT molecular complexity index is 1140. The number of fused-ring (bicyclic) bond motifs is 1. The maximum absolute atomic E-state index is 5.83. The number of nitrogens with one attached hydrogen (secondary N) is 1. The number of benzene rings is 3. The van der Waals surface area contributed by atoms with Gasteiger partial charge in [0.2, 0.25) is 0 Å². The molecule has 1 aromatic heterocycles. The van der Waals surface area contributed by atoms with Gasteiger partial charge in [0.05, 0.1) is 30.4 Å². The summed E-state index contributed by atoms with van der Waals surface area (Å²) in [6.45, 7) is 4.94. The van der Waals surface area contributed by atoms with Crippen molar-refractivity contribution in [3.8, 4) is 22.3 Å². The quantitative estimate of drug-likeness (QED) is 0.443. The third-order valence-corrected chi connectivity index (χ3v) is 5.42. The van der Waals surface area contributed by atoms with Gasteiger partial charge in [-0.05, 0) is 25.0 Å². The van der Waals surface area contributed by atoms with Crippen LogP contribution < -0.4 is 0 Å². The number of aliphatic imine (C=N–C) groups is 1. The molecule has 0 radical (unpaired) electrons. The molecule has 0 saturated carbocycles. The Balaban J connectivity index is 1.52. The van der Waals surface area contributed by atoms with Crippen LogP contribution in [0.4, 0.5) is 0 Å².